The molecule has 164 valence electrons. The second-order valence-corrected chi connectivity index (χ2v) is 9.25. The molecule has 4 aromatic rings. The van der Waals surface area contributed by atoms with Crippen molar-refractivity contribution in [3.63, 3.8) is 0 Å². The third kappa shape index (κ3) is 2.92. The zero-order chi connectivity index (χ0) is 22.7. The molecule has 33 heavy (non-hydrogen) atoms. The number of nitrogens with zero attached hydrogens (tertiary/aromatic N) is 4. The van der Waals surface area contributed by atoms with Gasteiger partial charge in [0.05, 0.1) is 11.2 Å². The largest absolute Gasteiger partial charge is 0.362 e. The highest BCUT2D eigenvalue weighted by molar-refractivity contribution is 5.97. The minimum absolute atomic E-state index is 0.0720. The molecular formula is C28H26N4O. The fourth-order valence-electron chi connectivity index (χ4n) is 5.16. The Morgan fingerprint density at radius 1 is 0.909 bits per heavy atom. The van der Waals surface area contributed by atoms with Crippen LogP contribution in [0.3, 0.4) is 0 Å². The van der Waals surface area contributed by atoms with E-state index in [0.29, 0.717) is 5.69 Å². The van der Waals surface area contributed by atoms with Crippen LogP contribution in [0.1, 0.15) is 28.9 Å². The van der Waals surface area contributed by atoms with E-state index in [1.807, 2.05) is 67.5 Å². The maximum Gasteiger partial charge on any atom is 0.271 e. The standard InChI is InChI=1S/C28H26N4O/c1-30(2)26-22(10-7-15-29-26)20-11-12-23-24(16-20)32-18-21(19-8-5-4-6-9-19)17-25(32)27(33)31(3)28(23)13-14-28/h4-12,15-18H,13-14H2,1-3H3. The lowest BCUT2D eigenvalue weighted by Crippen LogP contribution is -2.36. The molecule has 0 unspecified atom stereocenters. The van der Waals surface area contributed by atoms with Crippen molar-refractivity contribution in [1.82, 2.24) is 14.5 Å². The van der Waals surface area contributed by atoms with Gasteiger partial charge in [0.1, 0.15) is 11.5 Å². The maximum absolute atomic E-state index is 13.6. The molecular weight excluding hydrogens is 408 g/mol. The average molecular weight is 435 g/mol. The summed E-state index contributed by atoms with van der Waals surface area (Å²) in [5, 5.41) is 0. The lowest BCUT2D eigenvalue weighted by Gasteiger charge is -2.27. The summed E-state index contributed by atoms with van der Waals surface area (Å²) in [6, 6.07) is 23.0. The Morgan fingerprint density at radius 3 is 2.42 bits per heavy atom. The fraction of sp³-hybridized carbons (Fsp3) is 0.214. The molecule has 1 aliphatic heterocycles. The second-order valence-electron chi connectivity index (χ2n) is 9.25. The molecule has 0 radical (unpaired) electrons. The predicted octanol–water partition coefficient (Wildman–Crippen LogP) is 5.35. The Labute approximate surface area is 193 Å². The topological polar surface area (TPSA) is 41.4 Å². The smallest absolute Gasteiger partial charge is 0.271 e. The Kier molecular flexibility index (Phi) is 4.24. The average Bonchev–Trinajstić information content (AvgIpc) is 3.55. The van der Waals surface area contributed by atoms with Crippen LogP contribution in [-0.4, -0.2) is 41.5 Å². The molecule has 2 aromatic carbocycles. The normalized spacial score (nSPS) is 15.7. The summed E-state index contributed by atoms with van der Waals surface area (Å²) in [7, 11) is 5.97. The molecule has 0 N–H and O–H groups in total. The molecule has 6 rings (SSSR count). The van der Waals surface area contributed by atoms with Crippen LogP contribution in [-0.2, 0) is 5.54 Å². The molecule has 1 spiro atoms. The van der Waals surface area contributed by atoms with Gasteiger partial charge in [-0.25, -0.2) is 4.98 Å². The number of pyridine rings is 1. The molecule has 5 nitrogen and oxygen atoms in total. The number of aromatic nitrogens is 2. The third-order valence-electron chi connectivity index (χ3n) is 7.10. The first kappa shape index (κ1) is 19.8. The highest BCUT2D eigenvalue weighted by Crippen LogP contribution is 2.54. The molecule has 1 fully saturated rings. The Balaban J connectivity index is 1.60. The van der Waals surface area contributed by atoms with Crippen molar-refractivity contribution in [1.29, 1.82) is 0 Å². The monoisotopic (exact) mass is 434 g/mol. The van der Waals surface area contributed by atoms with Crippen LogP contribution in [0, 0.1) is 0 Å². The summed E-state index contributed by atoms with van der Waals surface area (Å²) in [5.74, 6) is 1.00. The number of benzene rings is 2. The van der Waals surface area contributed by atoms with Crippen molar-refractivity contribution >= 4 is 11.7 Å². The summed E-state index contributed by atoms with van der Waals surface area (Å²) in [4.78, 5) is 22.2. The van der Waals surface area contributed by atoms with Crippen LogP contribution >= 0.6 is 0 Å². The number of amides is 1. The Morgan fingerprint density at radius 2 is 1.70 bits per heavy atom. The highest BCUT2D eigenvalue weighted by Gasteiger charge is 2.53. The summed E-state index contributed by atoms with van der Waals surface area (Å²) >= 11 is 0. The van der Waals surface area contributed by atoms with Crippen molar-refractivity contribution in [2.75, 3.05) is 26.0 Å². The van der Waals surface area contributed by atoms with Crippen molar-refractivity contribution in [3.8, 4) is 27.9 Å². The Bertz CT molecular complexity index is 1380. The quantitative estimate of drug-likeness (QED) is 0.437. The van der Waals surface area contributed by atoms with E-state index in [2.05, 4.69) is 52.1 Å². The number of hydrogen-bond donors (Lipinski definition) is 0. The van der Waals surface area contributed by atoms with Gasteiger partial charge in [-0.15, -0.1) is 0 Å². The first-order valence-electron chi connectivity index (χ1n) is 11.3. The summed E-state index contributed by atoms with van der Waals surface area (Å²) in [6.07, 6.45) is 5.92. The van der Waals surface area contributed by atoms with Crippen LogP contribution in [0.5, 0.6) is 0 Å². The zero-order valence-corrected chi connectivity index (χ0v) is 19.1. The molecule has 3 heterocycles. The zero-order valence-electron chi connectivity index (χ0n) is 19.1. The van der Waals surface area contributed by atoms with Crippen molar-refractivity contribution in [2.45, 2.75) is 18.4 Å². The first-order valence-corrected chi connectivity index (χ1v) is 11.3. The summed E-state index contributed by atoms with van der Waals surface area (Å²) < 4.78 is 2.10. The molecule has 1 saturated carbocycles. The van der Waals surface area contributed by atoms with Crippen LogP contribution in [0.15, 0.2) is 79.1 Å². The first-order chi connectivity index (χ1) is 16.0. The van der Waals surface area contributed by atoms with E-state index in [-0.39, 0.29) is 11.4 Å². The minimum Gasteiger partial charge on any atom is -0.362 e. The van der Waals surface area contributed by atoms with E-state index < -0.39 is 0 Å². The van der Waals surface area contributed by atoms with Gasteiger partial charge >= 0.3 is 0 Å². The maximum atomic E-state index is 13.6. The van der Waals surface area contributed by atoms with Gasteiger partial charge in [-0.1, -0.05) is 42.5 Å². The van der Waals surface area contributed by atoms with Crippen LogP contribution in [0.25, 0.3) is 27.9 Å². The number of carbonyl (C=O) groups excluding carboxylic acids is 1. The van der Waals surface area contributed by atoms with Gasteiger partial charge in [0, 0.05) is 50.2 Å². The molecule has 0 bridgehead atoms. The highest BCUT2D eigenvalue weighted by atomic mass is 16.2. The van der Waals surface area contributed by atoms with E-state index >= 15 is 0 Å². The van der Waals surface area contributed by atoms with Gasteiger partial charge in [0.15, 0.2) is 0 Å². The molecule has 0 saturated heterocycles. The number of fused-ring (bicyclic) bond motifs is 4. The lowest BCUT2D eigenvalue weighted by molar-refractivity contribution is 0.0705. The third-order valence-corrected chi connectivity index (χ3v) is 7.10. The molecule has 1 aliphatic carbocycles. The van der Waals surface area contributed by atoms with Gasteiger partial charge in [-0.05, 0) is 48.2 Å². The summed E-state index contributed by atoms with van der Waals surface area (Å²) in [5.41, 5.74) is 7.11. The van der Waals surface area contributed by atoms with E-state index in [1.165, 1.54) is 5.56 Å². The SMILES string of the molecule is CN(C)c1ncccc1-c1ccc2c(c1)-n1cc(-c3ccccc3)cc1C(=O)N(C)C21CC1. The van der Waals surface area contributed by atoms with Gasteiger partial charge < -0.3 is 14.4 Å². The van der Waals surface area contributed by atoms with E-state index in [0.717, 1.165) is 46.6 Å². The van der Waals surface area contributed by atoms with Gasteiger partial charge in [0.25, 0.3) is 5.91 Å². The molecule has 0 atom stereocenters. The van der Waals surface area contributed by atoms with Gasteiger partial charge in [0.2, 0.25) is 0 Å². The van der Waals surface area contributed by atoms with E-state index in [9.17, 15) is 4.79 Å². The number of anilines is 1. The molecule has 2 aliphatic rings. The van der Waals surface area contributed by atoms with E-state index in [1.54, 1.807) is 0 Å². The minimum atomic E-state index is -0.212. The predicted molar refractivity (Wildman–Crippen MR) is 132 cm³/mol. The van der Waals surface area contributed by atoms with Gasteiger partial charge in [-0.2, -0.15) is 0 Å². The van der Waals surface area contributed by atoms with Crippen LogP contribution in [0.4, 0.5) is 5.82 Å². The van der Waals surface area contributed by atoms with Crippen molar-refractivity contribution in [2.24, 2.45) is 0 Å². The molecule has 2 aromatic heterocycles. The number of carbonyl (C=O) groups is 1. The second kappa shape index (κ2) is 7.07. The summed E-state index contributed by atoms with van der Waals surface area (Å²) in [6.45, 7) is 0. The Hall–Kier alpha value is -3.86. The molecule has 5 heteroatoms. The lowest BCUT2D eigenvalue weighted by atomic mass is 9.96. The number of hydrogen-bond acceptors (Lipinski definition) is 3. The number of rotatable bonds is 3. The van der Waals surface area contributed by atoms with Crippen molar-refractivity contribution in [3.05, 3.63) is 90.4 Å². The van der Waals surface area contributed by atoms with E-state index in [4.69, 9.17) is 0 Å². The molecule has 1 amide bonds. The van der Waals surface area contributed by atoms with Crippen LogP contribution < -0.4 is 4.90 Å². The van der Waals surface area contributed by atoms with Crippen LogP contribution in [0.2, 0.25) is 0 Å². The van der Waals surface area contributed by atoms with Gasteiger partial charge in [-0.3, -0.25) is 4.79 Å². The van der Waals surface area contributed by atoms with Crippen molar-refractivity contribution < 1.29 is 4.79 Å². The fourth-order valence-corrected chi connectivity index (χ4v) is 5.16.